The molecule has 78 valence electrons. The highest BCUT2D eigenvalue weighted by Gasteiger charge is 2.12. The molecule has 0 heterocycles. The molecule has 0 saturated heterocycles. The SMILES string of the molecule is COc1ccc([S+]([O-])CCO)cc1Br. The largest absolute Gasteiger partial charge is 0.611 e. The smallest absolute Gasteiger partial charge is 0.154 e. The Hall–Kier alpha value is -0.230. The van der Waals surface area contributed by atoms with Crippen LogP contribution in [0, 0.1) is 0 Å². The van der Waals surface area contributed by atoms with Crippen molar-refractivity contribution in [3.05, 3.63) is 22.7 Å². The van der Waals surface area contributed by atoms with Crippen molar-refractivity contribution in [3.8, 4) is 5.75 Å². The molecule has 0 bridgehead atoms. The minimum atomic E-state index is -1.14. The van der Waals surface area contributed by atoms with Gasteiger partial charge in [-0.15, -0.1) is 0 Å². The first-order valence-corrected chi connectivity index (χ1v) is 6.13. The molecule has 0 spiro atoms. The van der Waals surface area contributed by atoms with Gasteiger partial charge in [0.25, 0.3) is 0 Å². The molecule has 0 aliphatic rings. The quantitative estimate of drug-likeness (QED) is 0.851. The number of hydrogen-bond donors (Lipinski definition) is 1. The lowest BCUT2D eigenvalue weighted by Crippen LogP contribution is -2.10. The first-order valence-electron chi connectivity index (χ1n) is 4.02. The predicted octanol–water partition coefficient (Wildman–Crippen LogP) is 1.56. The Morgan fingerprint density at radius 3 is 2.79 bits per heavy atom. The Balaban J connectivity index is 2.85. The monoisotopic (exact) mass is 278 g/mol. The van der Waals surface area contributed by atoms with E-state index in [0.29, 0.717) is 10.6 Å². The maximum absolute atomic E-state index is 11.5. The molecular weight excluding hydrogens is 268 g/mol. The third-order valence-corrected chi connectivity index (χ3v) is 3.62. The molecule has 1 N–H and O–H groups in total. The Bertz CT molecular complexity index is 306. The molecule has 14 heavy (non-hydrogen) atoms. The van der Waals surface area contributed by atoms with Gasteiger partial charge in [-0.1, -0.05) is 0 Å². The molecule has 1 atom stereocenters. The van der Waals surface area contributed by atoms with Crippen LogP contribution in [-0.4, -0.2) is 29.1 Å². The molecule has 1 rings (SSSR count). The number of aliphatic hydroxyl groups is 1. The summed E-state index contributed by atoms with van der Waals surface area (Å²) < 4.78 is 17.3. The van der Waals surface area contributed by atoms with Crippen molar-refractivity contribution in [2.45, 2.75) is 4.90 Å². The molecule has 0 saturated carbocycles. The fraction of sp³-hybridized carbons (Fsp3) is 0.333. The number of halogens is 1. The van der Waals surface area contributed by atoms with Crippen molar-refractivity contribution in [2.24, 2.45) is 0 Å². The van der Waals surface area contributed by atoms with Crippen LogP contribution in [0.5, 0.6) is 5.75 Å². The molecular formula is C9H11BrO3S. The Morgan fingerprint density at radius 2 is 2.29 bits per heavy atom. The van der Waals surface area contributed by atoms with Gasteiger partial charge in [0.15, 0.2) is 4.90 Å². The highest BCUT2D eigenvalue weighted by molar-refractivity contribution is 9.10. The van der Waals surface area contributed by atoms with Gasteiger partial charge in [0.05, 0.1) is 18.2 Å². The van der Waals surface area contributed by atoms with Gasteiger partial charge < -0.3 is 14.4 Å². The van der Waals surface area contributed by atoms with E-state index < -0.39 is 11.2 Å². The lowest BCUT2D eigenvalue weighted by molar-refractivity contribution is 0.319. The summed E-state index contributed by atoms with van der Waals surface area (Å²) in [6.45, 7) is -0.0732. The van der Waals surface area contributed by atoms with E-state index in [-0.39, 0.29) is 12.4 Å². The van der Waals surface area contributed by atoms with Crippen LogP contribution in [0.2, 0.25) is 0 Å². The predicted molar refractivity (Wildman–Crippen MR) is 59.1 cm³/mol. The number of ether oxygens (including phenoxy) is 1. The van der Waals surface area contributed by atoms with Crippen molar-refractivity contribution in [1.29, 1.82) is 0 Å². The molecule has 1 aromatic rings. The topological polar surface area (TPSA) is 52.5 Å². The van der Waals surface area contributed by atoms with Gasteiger partial charge in [-0.3, -0.25) is 0 Å². The molecule has 0 amide bonds. The van der Waals surface area contributed by atoms with Crippen molar-refractivity contribution >= 4 is 27.1 Å². The molecule has 5 heteroatoms. The summed E-state index contributed by atoms with van der Waals surface area (Å²) in [6.07, 6.45) is 0. The zero-order valence-corrected chi connectivity index (χ0v) is 10.1. The molecule has 0 aromatic heterocycles. The third-order valence-electron chi connectivity index (χ3n) is 1.66. The third kappa shape index (κ3) is 2.88. The summed E-state index contributed by atoms with van der Waals surface area (Å²) in [4.78, 5) is 0.687. The van der Waals surface area contributed by atoms with Crippen molar-refractivity contribution in [3.63, 3.8) is 0 Å². The van der Waals surface area contributed by atoms with E-state index in [0.717, 1.165) is 4.47 Å². The number of hydrogen-bond acceptors (Lipinski definition) is 3. The zero-order valence-electron chi connectivity index (χ0n) is 7.70. The van der Waals surface area contributed by atoms with Crippen LogP contribution >= 0.6 is 15.9 Å². The lowest BCUT2D eigenvalue weighted by Gasteiger charge is -2.10. The maximum Gasteiger partial charge on any atom is 0.154 e. The van der Waals surface area contributed by atoms with E-state index >= 15 is 0 Å². The number of benzene rings is 1. The van der Waals surface area contributed by atoms with E-state index in [4.69, 9.17) is 9.84 Å². The van der Waals surface area contributed by atoms with Gasteiger partial charge in [0.2, 0.25) is 0 Å². The first-order chi connectivity index (χ1) is 6.69. The molecule has 0 aliphatic heterocycles. The van der Waals surface area contributed by atoms with E-state index in [1.807, 2.05) is 0 Å². The standard InChI is InChI=1S/C9H11BrO3S/c1-13-9-3-2-7(6-8(9)10)14(12)5-4-11/h2-3,6,11H,4-5H2,1H3. The van der Waals surface area contributed by atoms with Crippen LogP contribution in [-0.2, 0) is 11.2 Å². The first kappa shape index (κ1) is 11.8. The minimum Gasteiger partial charge on any atom is -0.611 e. The van der Waals surface area contributed by atoms with Crippen LogP contribution in [0.1, 0.15) is 0 Å². The second-order valence-electron chi connectivity index (χ2n) is 2.57. The number of aliphatic hydroxyl groups excluding tert-OH is 1. The summed E-state index contributed by atoms with van der Waals surface area (Å²) >= 11 is 2.17. The Labute approximate surface area is 94.4 Å². The second kappa shape index (κ2) is 5.60. The Morgan fingerprint density at radius 1 is 1.57 bits per heavy atom. The molecule has 0 aliphatic carbocycles. The van der Waals surface area contributed by atoms with Crippen molar-refractivity contribution in [1.82, 2.24) is 0 Å². The molecule has 1 unspecified atom stereocenters. The van der Waals surface area contributed by atoms with Gasteiger partial charge in [0.1, 0.15) is 11.5 Å². The number of rotatable bonds is 4. The number of methoxy groups -OCH3 is 1. The van der Waals surface area contributed by atoms with Crippen LogP contribution in [0.15, 0.2) is 27.6 Å². The average molecular weight is 279 g/mol. The average Bonchev–Trinajstić information content (AvgIpc) is 2.18. The van der Waals surface area contributed by atoms with Crippen LogP contribution in [0.25, 0.3) is 0 Å². The summed E-state index contributed by atoms with van der Waals surface area (Å²) in [7, 11) is 1.57. The zero-order chi connectivity index (χ0) is 10.6. The highest BCUT2D eigenvalue weighted by Crippen LogP contribution is 2.27. The van der Waals surface area contributed by atoms with Gasteiger partial charge in [-0.2, -0.15) is 0 Å². The van der Waals surface area contributed by atoms with Crippen molar-refractivity contribution in [2.75, 3.05) is 19.5 Å². The van der Waals surface area contributed by atoms with Crippen LogP contribution in [0.3, 0.4) is 0 Å². The normalized spacial score (nSPS) is 12.6. The van der Waals surface area contributed by atoms with Crippen LogP contribution < -0.4 is 4.74 Å². The lowest BCUT2D eigenvalue weighted by atomic mass is 10.3. The summed E-state index contributed by atoms with van der Waals surface area (Å²) in [5.41, 5.74) is 0. The highest BCUT2D eigenvalue weighted by atomic mass is 79.9. The second-order valence-corrected chi connectivity index (χ2v) is 4.99. The van der Waals surface area contributed by atoms with E-state index in [1.165, 1.54) is 0 Å². The van der Waals surface area contributed by atoms with Crippen LogP contribution in [0.4, 0.5) is 0 Å². The van der Waals surface area contributed by atoms with Gasteiger partial charge in [-0.25, -0.2) is 0 Å². The molecule has 0 fully saturated rings. The minimum absolute atomic E-state index is 0.0732. The summed E-state index contributed by atoms with van der Waals surface area (Å²) in [5.74, 6) is 0.966. The van der Waals surface area contributed by atoms with Crippen molar-refractivity contribution < 1.29 is 14.4 Å². The summed E-state index contributed by atoms with van der Waals surface area (Å²) in [6, 6.07) is 5.22. The van der Waals surface area contributed by atoms with E-state index in [9.17, 15) is 4.55 Å². The maximum atomic E-state index is 11.5. The summed E-state index contributed by atoms with van der Waals surface area (Å²) in [5, 5.41) is 8.64. The van der Waals surface area contributed by atoms with Gasteiger partial charge in [0, 0.05) is 6.07 Å². The van der Waals surface area contributed by atoms with Gasteiger partial charge in [-0.05, 0) is 39.2 Å². The Kier molecular flexibility index (Phi) is 4.74. The molecule has 1 aromatic carbocycles. The van der Waals surface area contributed by atoms with E-state index in [1.54, 1.807) is 25.3 Å². The molecule has 0 radical (unpaired) electrons. The van der Waals surface area contributed by atoms with Gasteiger partial charge >= 0.3 is 0 Å². The fourth-order valence-electron chi connectivity index (χ4n) is 0.989. The van der Waals surface area contributed by atoms with E-state index in [2.05, 4.69) is 15.9 Å². The molecule has 3 nitrogen and oxygen atoms in total. The fourth-order valence-corrected chi connectivity index (χ4v) is 2.55.